The van der Waals surface area contributed by atoms with Crippen LogP contribution in [0.3, 0.4) is 0 Å². The molecule has 6 nitrogen and oxygen atoms in total. The Morgan fingerprint density at radius 3 is 1.70 bits per heavy atom. The second-order valence-corrected chi connectivity index (χ2v) is 6.73. The summed E-state index contributed by atoms with van der Waals surface area (Å²) in [6.45, 7) is 0.334. The molecule has 0 bridgehead atoms. The van der Waals surface area contributed by atoms with Gasteiger partial charge in [-0.25, -0.2) is 9.59 Å². The second-order valence-electron chi connectivity index (χ2n) is 5.75. The molecule has 7 heteroatoms. The van der Waals surface area contributed by atoms with Crippen LogP contribution < -0.4 is 10.6 Å². The number of carbonyl (C=O) groups is 2. The van der Waals surface area contributed by atoms with Crippen LogP contribution in [0.15, 0.2) is 60.7 Å². The van der Waals surface area contributed by atoms with E-state index in [1.165, 1.54) is 0 Å². The maximum atomic E-state index is 12.0. The van der Waals surface area contributed by atoms with E-state index in [0.717, 1.165) is 16.9 Å². The quantitative estimate of drug-likeness (QED) is 0.637. The molecule has 0 aliphatic heterocycles. The number of nitrogens with one attached hydrogen (secondary N) is 2. The Balaban J connectivity index is 1.78. The van der Waals surface area contributed by atoms with Crippen molar-refractivity contribution in [3.05, 3.63) is 71.8 Å². The molecule has 0 unspecified atom stereocenters. The largest absolute Gasteiger partial charge is 0.445 e. The zero-order valence-corrected chi connectivity index (χ0v) is 16.0. The molecule has 2 aromatic rings. The highest BCUT2D eigenvalue weighted by Gasteiger charge is 2.16. The Bertz CT molecular complexity index is 640. The summed E-state index contributed by atoms with van der Waals surface area (Å²) in [5, 5.41) is 5.33. The molecule has 0 saturated carbocycles. The first-order valence-corrected chi connectivity index (χ1v) is 10.00. The second kappa shape index (κ2) is 11.9. The van der Waals surface area contributed by atoms with E-state index in [2.05, 4.69) is 10.6 Å². The monoisotopic (exact) mass is 388 g/mol. The Morgan fingerprint density at radius 2 is 1.30 bits per heavy atom. The Hall–Kier alpha value is -2.67. The third-order valence-corrected chi connectivity index (χ3v) is 4.26. The van der Waals surface area contributed by atoms with Gasteiger partial charge in [-0.3, -0.25) is 0 Å². The highest BCUT2D eigenvalue weighted by atomic mass is 32.2. The van der Waals surface area contributed by atoms with Gasteiger partial charge >= 0.3 is 12.2 Å². The molecular weight excluding hydrogens is 364 g/mol. The molecule has 0 atom stereocenters. The van der Waals surface area contributed by atoms with E-state index >= 15 is 0 Å². The van der Waals surface area contributed by atoms with Crippen LogP contribution >= 0.6 is 11.8 Å². The molecule has 0 fully saturated rings. The van der Waals surface area contributed by atoms with E-state index in [-0.39, 0.29) is 13.2 Å². The molecule has 144 valence electrons. The lowest BCUT2D eigenvalue weighted by Gasteiger charge is -2.19. The topological polar surface area (TPSA) is 76.7 Å². The van der Waals surface area contributed by atoms with Crippen molar-refractivity contribution in [1.29, 1.82) is 0 Å². The van der Waals surface area contributed by atoms with Gasteiger partial charge in [-0.05, 0) is 29.6 Å². The highest BCUT2D eigenvalue weighted by molar-refractivity contribution is 7.98. The van der Waals surface area contributed by atoms with Crippen LogP contribution in [0.4, 0.5) is 9.59 Å². The lowest BCUT2D eigenvalue weighted by Crippen LogP contribution is -2.48. The van der Waals surface area contributed by atoms with Gasteiger partial charge in [-0.2, -0.15) is 11.8 Å². The standard InChI is InChI=1S/C20H24N2O4S/c1-27-13-12-18(21-19(23)25-14-16-8-4-2-5-9-16)22-20(24)26-15-17-10-6-3-7-11-17/h2-11,18H,12-15H2,1H3,(H,21,23)(H,22,24). The van der Waals surface area contributed by atoms with Gasteiger partial charge < -0.3 is 20.1 Å². The van der Waals surface area contributed by atoms with Crippen molar-refractivity contribution in [2.24, 2.45) is 0 Å². The summed E-state index contributed by atoms with van der Waals surface area (Å²) in [4.78, 5) is 24.0. The molecule has 0 aliphatic rings. The fourth-order valence-corrected chi connectivity index (χ4v) is 2.70. The van der Waals surface area contributed by atoms with Gasteiger partial charge in [-0.1, -0.05) is 60.7 Å². The first-order valence-electron chi connectivity index (χ1n) is 8.60. The van der Waals surface area contributed by atoms with Crippen molar-refractivity contribution >= 4 is 23.9 Å². The average Bonchev–Trinajstić information content (AvgIpc) is 2.70. The van der Waals surface area contributed by atoms with Crippen LogP contribution in [0.1, 0.15) is 17.5 Å². The highest BCUT2D eigenvalue weighted by Crippen LogP contribution is 2.04. The number of hydrogen-bond acceptors (Lipinski definition) is 5. The van der Waals surface area contributed by atoms with Crippen molar-refractivity contribution in [2.75, 3.05) is 12.0 Å². The van der Waals surface area contributed by atoms with E-state index < -0.39 is 18.4 Å². The normalized spacial score (nSPS) is 10.3. The molecule has 2 rings (SSSR count). The summed E-state index contributed by atoms with van der Waals surface area (Å²) in [5.41, 5.74) is 1.78. The number of thioether (sulfide) groups is 1. The van der Waals surface area contributed by atoms with Gasteiger partial charge in [-0.15, -0.1) is 0 Å². The Morgan fingerprint density at radius 1 is 0.852 bits per heavy atom. The molecule has 2 N–H and O–H groups in total. The van der Waals surface area contributed by atoms with Crippen molar-refractivity contribution in [2.45, 2.75) is 25.8 Å². The van der Waals surface area contributed by atoms with E-state index in [1.807, 2.05) is 66.9 Å². The fraction of sp³-hybridized carbons (Fsp3) is 0.300. The molecule has 0 radical (unpaired) electrons. The summed E-state index contributed by atoms with van der Waals surface area (Å²) >= 11 is 1.62. The third-order valence-electron chi connectivity index (χ3n) is 3.62. The molecule has 0 aliphatic carbocycles. The molecular formula is C20H24N2O4S. The van der Waals surface area contributed by atoms with Gasteiger partial charge in [0.15, 0.2) is 0 Å². The molecule has 0 spiro atoms. The maximum absolute atomic E-state index is 12.0. The molecule has 2 aromatic carbocycles. The third kappa shape index (κ3) is 8.50. The van der Waals surface area contributed by atoms with Gasteiger partial charge in [0.05, 0.1) is 0 Å². The Kier molecular flexibility index (Phi) is 9.06. The summed E-state index contributed by atoms with van der Waals surface area (Å²) in [6, 6.07) is 18.8. The SMILES string of the molecule is CSCCC(NC(=O)OCc1ccccc1)NC(=O)OCc1ccccc1. The van der Waals surface area contributed by atoms with E-state index in [1.54, 1.807) is 11.8 Å². The number of amides is 2. The van der Waals surface area contributed by atoms with Gasteiger partial charge in [0.1, 0.15) is 19.4 Å². The minimum absolute atomic E-state index is 0.167. The first kappa shape index (κ1) is 20.6. The summed E-state index contributed by atoms with van der Waals surface area (Å²) < 4.78 is 10.4. The summed E-state index contributed by atoms with van der Waals surface area (Å²) in [6.07, 6.45) is 0.770. The van der Waals surface area contributed by atoms with E-state index in [4.69, 9.17) is 9.47 Å². The fourth-order valence-electron chi connectivity index (χ4n) is 2.23. The van der Waals surface area contributed by atoms with Crippen molar-refractivity contribution in [1.82, 2.24) is 10.6 Å². The minimum Gasteiger partial charge on any atom is -0.445 e. The molecule has 2 amide bonds. The lowest BCUT2D eigenvalue weighted by molar-refractivity contribution is 0.122. The zero-order valence-electron chi connectivity index (χ0n) is 15.2. The molecule has 0 heterocycles. The van der Waals surface area contributed by atoms with Gasteiger partial charge in [0, 0.05) is 0 Å². The summed E-state index contributed by atoms with van der Waals surface area (Å²) in [7, 11) is 0. The first-order chi connectivity index (χ1) is 13.2. The smallest absolute Gasteiger partial charge is 0.409 e. The average molecular weight is 388 g/mol. The number of benzene rings is 2. The lowest BCUT2D eigenvalue weighted by atomic mass is 10.2. The van der Waals surface area contributed by atoms with Crippen molar-refractivity contribution < 1.29 is 19.1 Å². The number of ether oxygens (including phenoxy) is 2. The predicted octanol–water partition coefficient (Wildman–Crippen LogP) is 3.92. The number of rotatable bonds is 9. The van der Waals surface area contributed by atoms with Crippen LogP contribution in [0.25, 0.3) is 0 Å². The maximum Gasteiger partial charge on any atom is 0.409 e. The number of hydrogen-bond donors (Lipinski definition) is 2. The van der Waals surface area contributed by atoms with Crippen LogP contribution in [0.5, 0.6) is 0 Å². The number of alkyl carbamates (subject to hydrolysis) is 2. The number of carbonyl (C=O) groups excluding carboxylic acids is 2. The van der Waals surface area contributed by atoms with Gasteiger partial charge in [0.2, 0.25) is 0 Å². The van der Waals surface area contributed by atoms with Crippen LogP contribution in [-0.4, -0.2) is 30.4 Å². The van der Waals surface area contributed by atoms with Crippen molar-refractivity contribution in [3.8, 4) is 0 Å². The van der Waals surface area contributed by atoms with Gasteiger partial charge in [0.25, 0.3) is 0 Å². The Labute approximate surface area is 163 Å². The molecule has 27 heavy (non-hydrogen) atoms. The molecule has 0 aromatic heterocycles. The van der Waals surface area contributed by atoms with Crippen LogP contribution in [-0.2, 0) is 22.7 Å². The van der Waals surface area contributed by atoms with Crippen molar-refractivity contribution in [3.63, 3.8) is 0 Å². The van der Waals surface area contributed by atoms with E-state index in [9.17, 15) is 9.59 Å². The predicted molar refractivity (Wildman–Crippen MR) is 106 cm³/mol. The zero-order chi connectivity index (χ0) is 19.3. The minimum atomic E-state index is -0.590. The van der Waals surface area contributed by atoms with Crippen LogP contribution in [0, 0.1) is 0 Å². The molecule has 0 saturated heterocycles. The van der Waals surface area contributed by atoms with Crippen LogP contribution in [0.2, 0.25) is 0 Å². The summed E-state index contributed by atoms with van der Waals surface area (Å²) in [5.74, 6) is 0.766. The van der Waals surface area contributed by atoms with E-state index in [0.29, 0.717) is 6.42 Å².